The van der Waals surface area contributed by atoms with Crippen molar-refractivity contribution in [1.29, 1.82) is 0 Å². The zero-order valence-electron chi connectivity index (χ0n) is 18.3. The highest BCUT2D eigenvalue weighted by atomic mass is 32.2. The van der Waals surface area contributed by atoms with Crippen molar-refractivity contribution in [3.63, 3.8) is 0 Å². The molecule has 3 aromatic rings. The molecular formula is C23H26N2O6S. The quantitative estimate of drug-likeness (QED) is 0.525. The van der Waals surface area contributed by atoms with Crippen LogP contribution in [0.4, 0.5) is 0 Å². The molecule has 8 nitrogen and oxygen atoms in total. The summed E-state index contributed by atoms with van der Waals surface area (Å²) >= 11 is 0. The average Bonchev–Trinajstić information content (AvgIpc) is 2.78. The number of hydrogen-bond donors (Lipinski definition) is 0. The summed E-state index contributed by atoms with van der Waals surface area (Å²) < 4.78 is 43.5. The van der Waals surface area contributed by atoms with Gasteiger partial charge in [0.1, 0.15) is 5.58 Å². The number of aryl methyl sites for hydroxylation is 1. The van der Waals surface area contributed by atoms with Crippen molar-refractivity contribution in [1.82, 2.24) is 9.21 Å². The van der Waals surface area contributed by atoms with Crippen LogP contribution in [0.2, 0.25) is 0 Å². The van der Waals surface area contributed by atoms with E-state index < -0.39 is 10.0 Å². The van der Waals surface area contributed by atoms with E-state index in [2.05, 4.69) is 4.90 Å². The zero-order chi connectivity index (χ0) is 22.9. The standard InChI is InChI=1S/C23H26N2O6S/c1-16-4-6-19-17(13-23(26)31-21(19)12-16)15-24-8-10-25(11-9-24)32(27,28)18-5-7-20(29-2)22(14-18)30-3/h4-7,12-14H,8-11,15H2,1-3H3. The van der Waals surface area contributed by atoms with Gasteiger partial charge in [0.15, 0.2) is 11.5 Å². The summed E-state index contributed by atoms with van der Waals surface area (Å²) in [6.07, 6.45) is 0. The predicted octanol–water partition coefficient (Wildman–Crippen LogP) is 2.63. The third-order valence-electron chi connectivity index (χ3n) is 5.70. The largest absolute Gasteiger partial charge is 0.493 e. The molecule has 0 atom stereocenters. The first-order chi connectivity index (χ1) is 15.3. The van der Waals surface area contributed by atoms with E-state index in [1.54, 1.807) is 6.07 Å². The molecule has 0 aliphatic carbocycles. The molecule has 1 aromatic heterocycles. The number of methoxy groups -OCH3 is 2. The lowest BCUT2D eigenvalue weighted by molar-refractivity contribution is 0.182. The van der Waals surface area contributed by atoms with Gasteiger partial charge >= 0.3 is 5.63 Å². The van der Waals surface area contributed by atoms with Gasteiger partial charge in [0.05, 0.1) is 19.1 Å². The van der Waals surface area contributed by atoms with E-state index in [1.807, 2.05) is 25.1 Å². The average molecular weight is 459 g/mol. The van der Waals surface area contributed by atoms with Crippen LogP contribution in [0.3, 0.4) is 0 Å². The van der Waals surface area contributed by atoms with Crippen molar-refractivity contribution in [2.75, 3.05) is 40.4 Å². The molecule has 1 aliphatic rings. The first-order valence-electron chi connectivity index (χ1n) is 10.3. The van der Waals surface area contributed by atoms with Crippen LogP contribution >= 0.6 is 0 Å². The molecule has 32 heavy (non-hydrogen) atoms. The number of nitrogens with zero attached hydrogens (tertiary/aromatic N) is 2. The van der Waals surface area contributed by atoms with E-state index >= 15 is 0 Å². The molecule has 0 bridgehead atoms. The topological polar surface area (TPSA) is 89.3 Å². The van der Waals surface area contributed by atoms with Gasteiger partial charge in [-0.1, -0.05) is 12.1 Å². The zero-order valence-corrected chi connectivity index (χ0v) is 19.1. The highest BCUT2D eigenvalue weighted by Gasteiger charge is 2.29. The lowest BCUT2D eigenvalue weighted by Gasteiger charge is -2.34. The predicted molar refractivity (Wildman–Crippen MR) is 121 cm³/mol. The van der Waals surface area contributed by atoms with Gasteiger partial charge in [-0.25, -0.2) is 13.2 Å². The fraction of sp³-hybridized carbons (Fsp3) is 0.348. The molecule has 0 amide bonds. The summed E-state index contributed by atoms with van der Waals surface area (Å²) in [5.41, 5.74) is 2.09. The van der Waals surface area contributed by atoms with Gasteiger partial charge < -0.3 is 13.9 Å². The van der Waals surface area contributed by atoms with Gasteiger partial charge in [-0.05, 0) is 36.2 Å². The number of benzene rings is 2. The normalized spacial score (nSPS) is 15.7. The highest BCUT2D eigenvalue weighted by molar-refractivity contribution is 7.89. The molecule has 2 heterocycles. The van der Waals surface area contributed by atoms with E-state index in [9.17, 15) is 13.2 Å². The molecule has 170 valence electrons. The van der Waals surface area contributed by atoms with Crippen LogP contribution in [0.15, 0.2) is 56.6 Å². The molecule has 0 saturated carbocycles. The van der Waals surface area contributed by atoms with Gasteiger partial charge in [0, 0.05) is 50.2 Å². The molecule has 1 saturated heterocycles. The van der Waals surface area contributed by atoms with Gasteiger partial charge in [0.25, 0.3) is 0 Å². The summed E-state index contributed by atoms with van der Waals surface area (Å²) in [5, 5.41) is 0.899. The summed E-state index contributed by atoms with van der Waals surface area (Å²) in [4.78, 5) is 14.3. The molecule has 0 radical (unpaired) electrons. The van der Waals surface area contributed by atoms with Crippen molar-refractivity contribution in [3.8, 4) is 11.5 Å². The Morgan fingerprint density at radius 1 is 0.938 bits per heavy atom. The van der Waals surface area contributed by atoms with Crippen LogP contribution in [0.1, 0.15) is 11.1 Å². The molecule has 4 rings (SSSR count). The van der Waals surface area contributed by atoms with Gasteiger partial charge in [-0.3, -0.25) is 4.90 Å². The minimum absolute atomic E-state index is 0.172. The third-order valence-corrected chi connectivity index (χ3v) is 7.60. The maximum absolute atomic E-state index is 13.1. The Morgan fingerprint density at radius 3 is 2.34 bits per heavy atom. The van der Waals surface area contributed by atoms with Gasteiger partial charge in [-0.15, -0.1) is 0 Å². The third kappa shape index (κ3) is 4.36. The monoisotopic (exact) mass is 458 g/mol. The minimum atomic E-state index is -3.66. The SMILES string of the molecule is COc1ccc(S(=O)(=O)N2CCN(Cc3cc(=O)oc4cc(C)ccc34)CC2)cc1OC. The first kappa shape index (κ1) is 22.3. The van der Waals surface area contributed by atoms with Crippen molar-refractivity contribution >= 4 is 21.0 Å². The first-order valence-corrected chi connectivity index (χ1v) is 11.7. The Bertz CT molecular complexity index is 1290. The molecular weight excluding hydrogens is 432 g/mol. The van der Waals surface area contributed by atoms with Crippen LogP contribution in [-0.2, 0) is 16.6 Å². The van der Waals surface area contributed by atoms with E-state index in [0.29, 0.717) is 49.8 Å². The number of sulfonamides is 1. The van der Waals surface area contributed by atoms with Crippen LogP contribution in [0.5, 0.6) is 11.5 Å². The second-order valence-corrected chi connectivity index (χ2v) is 9.73. The summed E-state index contributed by atoms with van der Waals surface area (Å²) in [5.74, 6) is 0.850. The Labute approximate surface area is 187 Å². The Hall–Kier alpha value is -2.88. The van der Waals surface area contributed by atoms with Gasteiger partial charge in [0.2, 0.25) is 10.0 Å². The Morgan fingerprint density at radius 2 is 1.66 bits per heavy atom. The molecule has 1 aliphatic heterocycles. The minimum Gasteiger partial charge on any atom is -0.493 e. The van der Waals surface area contributed by atoms with E-state index in [4.69, 9.17) is 13.9 Å². The Balaban J connectivity index is 1.49. The lowest BCUT2D eigenvalue weighted by Crippen LogP contribution is -2.48. The Kier molecular flexibility index (Phi) is 6.23. The van der Waals surface area contributed by atoms with Crippen LogP contribution in [0.25, 0.3) is 11.0 Å². The number of fused-ring (bicyclic) bond motifs is 1. The fourth-order valence-corrected chi connectivity index (χ4v) is 5.40. The van der Waals surface area contributed by atoms with Gasteiger partial charge in [-0.2, -0.15) is 4.31 Å². The molecule has 0 unspecified atom stereocenters. The number of ether oxygens (including phenoxy) is 2. The summed E-state index contributed by atoms with van der Waals surface area (Å²) in [7, 11) is -0.675. The molecule has 0 spiro atoms. The van der Waals surface area contributed by atoms with Crippen molar-refractivity contribution < 1.29 is 22.3 Å². The second-order valence-electron chi connectivity index (χ2n) is 7.79. The van der Waals surface area contributed by atoms with Crippen LogP contribution in [0, 0.1) is 6.92 Å². The van der Waals surface area contributed by atoms with Crippen LogP contribution < -0.4 is 15.1 Å². The van der Waals surface area contributed by atoms with E-state index in [-0.39, 0.29) is 10.5 Å². The molecule has 9 heteroatoms. The van der Waals surface area contributed by atoms with Crippen molar-refractivity contribution in [2.24, 2.45) is 0 Å². The second kappa shape index (κ2) is 8.93. The molecule has 1 fully saturated rings. The van der Waals surface area contributed by atoms with Crippen molar-refractivity contribution in [3.05, 3.63) is 64.0 Å². The fourth-order valence-electron chi connectivity index (χ4n) is 3.96. The maximum Gasteiger partial charge on any atom is 0.336 e. The molecule has 2 aromatic carbocycles. The number of hydrogen-bond acceptors (Lipinski definition) is 7. The summed E-state index contributed by atoms with van der Waals surface area (Å²) in [6.45, 7) is 4.32. The smallest absolute Gasteiger partial charge is 0.336 e. The number of rotatable bonds is 6. The molecule has 0 N–H and O–H groups in total. The number of piperazine rings is 1. The van der Waals surface area contributed by atoms with Crippen LogP contribution in [-0.4, -0.2) is 58.0 Å². The maximum atomic E-state index is 13.1. The van der Waals surface area contributed by atoms with Crippen molar-refractivity contribution in [2.45, 2.75) is 18.4 Å². The lowest BCUT2D eigenvalue weighted by atomic mass is 10.1. The van der Waals surface area contributed by atoms with E-state index in [0.717, 1.165) is 16.5 Å². The summed E-state index contributed by atoms with van der Waals surface area (Å²) in [6, 6.07) is 11.9. The highest BCUT2D eigenvalue weighted by Crippen LogP contribution is 2.31. The van der Waals surface area contributed by atoms with E-state index in [1.165, 1.54) is 36.7 Å².